The van der Waals surface area contributed by atoms with E-state index in [4.69, 9.17) is 0 Å². The highest BCUT2D eigenvalue weighted by molar-refractivity contribution is 7.86. The van der Waals surface area contributed by atoms with Gasteiger partial charge in [0, 0.05) is 0 Å². The van der Waals surface area contributed by atoms with Crippen LogP contribution in [0.3, 0.4) is 0 Å². The van der Waals surface area contributed by atoms with E-state index in [1.807, 2.05) is 0 Å². The Balaban J connectivity index is 1.85. The Morgan fingerprint density at radius 1 is 0.895 bits per heavy atom. The van der Waals surface area contributed by atoms with Crippen LogP contribution in [0.2, 0.25) is 0 Å². The Kier molecular flexibility index (Phi) is 4.08. The van der Waals surface area contributed by atoms with E-state index in [0.717, 1.165) is 5.66 Å². The summed E-state index contributed by atoms with van der Waals surface area (Å²) in [6.07, 6.45) is 14.1. The summed E-state index contributed by atoms with van der Waals surface area (Å²) >= 11 is 0. The molecule has 0 saturated heterocycles. The fourth-order valence-electron chi connectivity index (χ4n) is 3.85. The second kappa shape index (κ2) is 5.80. The lowest BCUT2D eigenvalue weighted by Gasteiger charge is -2.36. The zero-order chi connectivity index (χ0) is 13.1. The van der Waals surface area contributed by atoms with Gasteiger partial charge in [-0.3, -0.25) is 0 Å². The summed E-state index contributed by atoms with van der Waals surface area (Å²) in [4.78, 5) is 0. The van der Waals surface area contributed by atoms with Crippen molar-refractivity contribution >= 4 is 18.6 Å². The smallest absolute Gasteiger partial charge is 0.0172 e. The molecule has 0 bridgehead atoms. The predicted molar refractivity (Wildman–Crippen MR) is 88.7 cm³/mol. The van der Waals surface area contributed by atoms with Crippen molar-refractivity contribution in [3.8, 4) is 0 Å². The Labute approximate surface area is 118 Å². The van der Waals surface area contributed by atoms with Crippen LogP contribution >= 0.6 is 7.26 Å². The van der Waals surface area contributed by atoms with Gasteiger partial charge in [0.15, 0.2) is 0 Å². The van der Waals surface area contributed by atoms with E-state index >= 15 is 0 Å². The fraction of sp³-hybridized carbons (Fsp3) is 0.556. The van der Waals surface area contributed by atoms with Crippen molar-refractivity contribution in [2.45, 2.75) is 57.0 Å². The molecule has 1 atom stereocenters. The molecule has 1 aliphatic heterocycles. The van der Waals surface area contributed by atoms with E-state index < -0.39 is 7.26 Å². The zero-order valence-electron chi connectivity index (χ0n) is 12.1. The van der Waals surface area contributed by atoms with Crippen LogP contribution in [0.5, 0.6) is 0 Å². The average molecular weight is 273 g/mol. The minimum atomic E-state index is -1.03. The molecule has 1 fully saturated rings. The molecule has 0 aromatic heterocycles. The van der Waals surface area contributed by atoms with Crippen molar-refractivity contribution in [1.82, 2.24) is 0 Å². The van der Waals surface area contributed by atoms with E-state index in [2.05, 4.69) is 42.8 Å². The molecule has 103 valence electrons. The van der Waals surface area contributed by atoms with Crippen LogP contribution < -0.4 is 5.30 Å². The fourth-order valence-corrected chi connectivity index (χ4v) is 7.67. The van der Waals surface area contributed by atoms with E-state index in [1.54, 1.807) is 5.30 Å². The van der Waals surface area contributed by atoms with Gasteiger partial charge in [0.2, 0.25) is 0 Å². The quantitative estimate of drug-likeness (QED) is 0.597. The molecule has 0 nitrogen and oxygen atoms in total. The molecular formula is C18H26P. The first kappa shape index (κ1) is 13.4. The number of rotatable bonds is 1. The molecule has 19 heavy (non-hydrogen) atoms. The highest BCUT2D eigenvalue weighted by Crippen LogP contribution is 2.66. The van der Waals surface area contributed by atoms with Crippen LogP contribution in [-0.4, -0.2) is 12.3 Å². The number of hydrogen-bond acceptors (Lipinski definition) is 0. The van der Waals surface area contributed by atoms with E-state index in [-0.39, 0.29) is 0 Å². The largest absolute Gasteiger partial charge is 0.0767 e. The van der Waals surface area contributed by atoms with Gasteiger partial charge >= 0.3 is 0 Å². The molecule has 1 aromatic rings. The van der Waals surface area contributed by atoms with Gasteiger partial charge in [-0.25, -0.2) is 0 Å². The van der Waals surface area contributed by atoms with Crippen LogP contribution in [0.25, 0.3) is 6.08 Å². The third-order valence-electron chi connectivity index (χ3n) is 5.10. The Bertz CT molecular complexity index is 453. The van der Waals surface area contributed by atoms with Gasteiger partial charge in [0.05, 0.1) is 0 Å². The second-order valence-electron chi connectivity index (χ2n) is 6.37. The summed E-state index contributed by atoms with van der Waals surface area (Å²) in [5, 5.41) is 1.68. The summed E-state index contributed by atoms with van der Waals surface area (Å²) in [5.74, 6) is 2.60. The van der Waals surface area contributed by atoms with Crippen molar-refractivity contribution in [3.63, 3.8) is 0 Å². The van der Waals surface area contributed by atoms with Crippen molar-refractivity contribution in [1.29, 1.82) is 0 Å². The first-order valence-electron chi connectivity index (χ1n) is 7.95. The summed E-state index contributed by atoms with van der Waals surface area (Å²) < 4.78 is 0. The summed E-state index contributed by atoms with van der Waals surface area (Å²) in [6.45, 7) is 2.58. The van der Waals surface area contributed by atoms with E-state index in [1.165, 1.54) is 56.9 Å². The molecule has 1 heterocycles. The molecule has 0 amide bonds. The van der Waals surface area contributed by atoms with Crippen molar-refractivity contribution in [3.05, 3.63) is 35.6 Å². The average Bonchev–Trinajstić information content (AvgIpc) is 2.84. The summed E-state index contributed by atoms with van der Waals surface area (Å²) in [7, 11) is -1.03. The Morgan fingerprint density at radius 3 is 2.26 bits per heavy atom. The van der Waals surface area contributed by atoms with Gasteiger partial charge in [-0.05, 0) is 36.0 Å². The maximum absolute atomic E-state index is 2.60. The lowest BCUT2D eigenvalue weighted by atomic mass is 10.1. The van der Waals surface area contributed by atoms with Crippen LogP contribution in [0, 0.1) is 0 Å². The second-order valence-corrected chi connectivity index (χ2v) is 10.2. The van der Waals surface area contributed by atoms with Crippen molar-refractivity contribution < 1.29 is 0 Å². The van der Waals surface area contributed by atoms with Crippen LogP contribution in [0.1, 0.15) is 56.9 Å². The van der Waals surface area contributed by atoms with Crippen molar-refractivity contribution in [2.24, 2.45) is 0 Å². The van der Waals surface area contributed by atoms with Crippen LogP contribution in [0.4, 0.5) is 0 Å². The van der Waals surface area contributed by atoms with E-state index in [0.29, 0.717) is 0 Å². The third kappa shape index (κ3) is 2.65. The number of hydrogen-bond donors (Lipinski definition) is 0. The highest BCUT2D eigenvalue weighted by atomic mass is 31.2. The minimum absolute atomic E-state index is 0.950. The van der Waals surface area contributed by atoms with E-state index in [9.17, 15) is 0 Å². The molecular weight excluding hydrogens is 247 g/mol. The summed E-state index contributed by atoms with van der Waals surface area (Å²) in [6, 6.07) is 9.11. The predicted octanol–water partition coefficient (Wildman–Crippen LogP) is 5.45. The lowest BCUT2D eigenvalue weighted by Crippen LogP contribution is -2.20. The van der Waals surface area contributed by atoms with Gasteiger partial charge in [-0.15, -0.1) is 0 Å². The monoisotopic (exact) mass is 273 g/mol. The molecule has 0 N–H and O–H groups in total. The normalized spacial score (nSPS) is 28.5. The zero-order valence-corrected chi connectivity index (χ0v) is 13.0. The van der Waals surface area contributed by atoms with Gasteiger partial charge in [0.25, 0.3) is 0 Å². The first-order chi connectivity index (χ1) is 9.31. The minimum Gasteiger partial charge on any atom is -0.0767 e. The molecule has 0 spiro atoms. The molecule has 1 saturated carbocycles. The Morgan fingerprint density at radius 2 is 1.53 bits per heavy atom. The topological polar surface area (TPSA) is 0 Å². The number of fused-ring (bicyclic) bond motifs is 1. The highest BCUT2D eigenvalue weighted by Gasteiger charge is 2.34. The van der Waals surface area contributed by atoms with Gasteiger partial charge < -0.3 is 0 Å². The molecule has 3 rings (SSSR count). The third-order valence-corrected chi connectivity index (χ3v) is 9.35. The lowest BCUT2D eigenvalue weighted by molar-refractivity contribution is 0.624. The molecule has 1 radical (unpaired) electrons. The van der Waals surface area contributed by atoms with Gasteiger partial charge in [-0.1, -0.05) is 81.9 Å². The molecule has 1 aromatic carbocycles. The maximum atomic E-state index is 2.60. The molecule has 1 aliphatic carbocycles. The molecule has 1 heteroatoms. The maximum Gasteiger partial charge on any atom is -0.0172 e. The Hall–Kier alpha value is -0.610. The molecule has 2 aliphatic rings. The molecule has 1 unspecified atom stereocenters. The standard InChI is InChI=1S/C18H26P/c1-19(15-14-16-10-8-9-13-18(16)19)17-11-6-4-2-3-5-7-12-17/h8-10,13-15,17H,2-7,11-12H2,1H3. The first-order valence-corrected chi connectivity index (χ1v) is 10.3. The van der Waals surface area contributed by atoms with Crippen LogP contribution in [-0.2, 0) is 0 Å². The SMILES string of the molecule is C[P]1(C2CCCCCCCC2)C=Cc2ccccc21. The van der Waals surface area contributed by atoms with Gasteiger partial charge in [0.1, 0.15) is 0 Å². The van der Waals surface area contributed by atoms with Crippen LogP contribution in [0.15, 0.2) is 30.1 Å². The van der Waals surface area contributed by atoms with Crippen molar-refractivity contribution in [2.75, 3.05) is 6.66 Å². The summed E-state index contributed by atoms with van der Waals surface area (Å²) in [5.41, 5.74) is 2.45. The van der Waals surface area contributed by atoms with Gasteiger partial charge in [-0.2, -0.15) is 0 Å². The number of benzene rings is 1.